The van der Waals surface area contributed by atoms with Crippen molar-refractivity contribution >= 4 is 11.9 Å². The Kier molecular flexibility index (Phi) is 5.99. The molecule has 0 saturated heterocycles. The Bertz CT molecular complexity index is 595. The average molecular weight is 333 g/mol. The molecule has 2 atom stereocenters. The highest BCUT2D eigenvalue weighted by Gasteiger charge is 2.53. The van der Waals surface area contributed by atoms with Crippen molar-refractivity contribution in [1.82, 2.24) is 5.32 Å². The molecule has 1 aliphatic carbocycles. The standard InChI is InChI=1S/C19H27NO4/c1-4-19(5-2)15(12-16(19)24-6-3)20-17(21)11-13-9-7-8-10-14(13)18(22)23/h7-10,15-16H,4-6,11-12H2,1-3H3,(H,20,21)(H,22,23). The van der Waals surface area contributed by atoms with Crippen LogP contribution >= 0.6 is 0 Å². The van der Waals surface area contributed by atoms with Gasteiger partial charge in [0.25, 0.3) is 0 Å². The first-order valence-corrected chi connectivity index (χ1v) is 8.70. The number of rotatable bonds is 8. The average Bonchev–Trinajstić information content (AvgIpc) is 2.55. The van der Waals surface area contributed by atoms with E-state index in [1.54, 1.807) is 18.2 Å². The van der Waals surface area contributed by atoms with E-state index in [0.717, 1.165) is 19.3 Å². The number of carboxylic acids is 1. The monoisotopic (exact) mass is 333 g/mol. The maximum Gasteiger partial charge on any atom is 0.335 e. The molecular formula is C19H27NO4. The van der Waals surface area contributed by atoms with Gasteiger partial charge in [-0.05, 0) is 37.8 Å². The normalized spacial score (nSPS) is 21.8. The van der Waals surface area contributed by atoms with Crippen LogP contribution in [0.1, 0.15) is 56.0 Å². The summed E-state index contributed by atoms with van der Waals surface area (Å²) < 4.78 is 5.83. The zero-order valence-electron chi connectivity index (χ0n) is 14.7. The summed E-state index contributed by atoms with van der Waals surface area (Å²) in [5, 5.41) is 12.3. The molecule has 132 valence electrons. The molecular weight excluding hydrogens is 306 g/mol. The van der Waals surface area contributed by atoms with Crippen molar-refractivity contribution in [1.29, 1.82) is 0 Å². The van der Waals surface area contributed by atoms with Crippen LogP contribution in [-0.2, 0) is 16.0 Å². The van der Waals surface area contributed by atoms with Gasteiger partial charge < -0.3 is 15.2 Å². The van der Waals surface area contributed by atoms with Crippen molar-refractivity contribution in [2.24, 2.45) is 5.41 Å². The van der Waals surface area contributed by atoms with E-state index in [1.165, 1.54) is 6.07 Å². The number of nitrogens with one attached hydrogen (secondary N) is 1. The van der Waals surface area contributed by atoms with Crippen LogP contribution in [0.3, 0.4) is 0 Å². The molecule has 5 nitrogen and oxygen atoms in total. The van der Waals surface area contributed by atoms with Gasteiger partial charge in [0.15, 0.2) is 0 Å². The third-order valence-electron chi connectivity index (χ3n) is 5.40. The van der Waals surface area contributed by atoms with E-state index in [0.29, 0.717) is 12.2 Å². The second-order valence-corrected chi connectivity index (χ2v) is 6.38. The lowest BCUT2D eigenvalue weighted by atomic mass is 9.58. The molecule has 0 aromatic heterocycles. The number of carbonyl (C=O) groups excluding carboxylic acids is 1. The summed E-state index contributed by atoms with van der Waals surface area (Å²) >= 11 is 0. The van der Waals surface area contributed by atoms with Crippen molar-refractivity contribution in [2.75, 3.05) is 6.61 Å². The minimum Gasteiger partial charge on any atom is -0.478 e. The molecule has 5 heteroatoms. The zero-order valence-corrected chi connectivity index (χ0v) is 14.7. The topological polar surface area (TPSA) is 75.6 Å². The second-order valence-electron chi connectivity index (χ2n) is 6.38. The van der Waals surface area contributed by atoms with Crippen molar-refractivity contribution in [3.63, 3.8) is 0 Å². The molecule has 24 heavy (non-hydrogen) atoms. The molecule has 2 N–H and O–H groups in total. The van der Waals surface area contributed by atoms with Crippen molar-refractivity contribution in [2.45, 2.75) is 58.6 Å². The lowest BCUT2D eigenvalue weighted by Gasteiger charge is -2.55. The summed E-state index contributed by atoms with van der Waals surface area (Å²) in [7, 11) is 0. The van der Waals surface area contributed by atoms with Gasteiger partial charge in [-0.15, -0.1) is 0 Å². The first-order chi connectivity index (χ1) is 11.5. The largest absolute Gasteiger partial charge is 0.478 e. The summed E-state index contributed by atoms with van der Waals surface area (Å²) in [4.78, 5) is 23.7. The molecule has 0 bridgehead atoms. The fourth-order valence-electron chi connectivity index (χ4n) is 3.88. The van der Waals surface area contributed by atoms with E-state index in [-0.39, 0.29) is 35.5 Å². The summed E-state index contributed by atoms with van der Waals surface area (Å²) in [6.45, 7) is 6.94. The van der Waals surface area contributed by atoms with Gasteiger partial charge in [-0.1, -0.05) is 32.0 Å². The van der Waals surface area contributed by atoms with Crippen LogP contribution in [0, 0.1) is 5.41 Å². The molecule has 0 spiro atoms. The van der Waals surface area contributed by atoms with Gasteiger partial charge in [-0.2, -0.15) is 0 Å². The smallest absolute Gasteiger partial charge is 0.335 e. The minimum atomic E-state index is -1.00. The van der Waals surface area contributed by atoms with Gasteiger partial charge >= 0.3 is 5.97 Å². The van der Waals surface area contributed by atoms with Gasteiger partial charge in [0.1, 0.15) is 0 Å². The molecule has 1 amide bonds. The lowest BCUT2D eigenvalue weighted by Crippen LogP contribution is -2.64. The predicted octanol–water partition coefficient (Wildman–Crippen LogP) is 3.03. The summed E-state index contributed by atoms with van der Waals surface area (Å²) in [6, 6.07) is 6.74. The number of carbonyl (C=O) groups is 2. The molecule has 1 aliphatic rings. The highest BCUT2D eigenvalue weighted by atomic mass is 16.5. The zero-order chi connectivity index (χ0) is 17.7. The summed E-state index contributed by atoms with van der Waals surface area (Å²) in [6.07, 6.45) is 2.99. The Balaban J connectivity index is 2.04. The molecule has 0 aliphatic heterocycles. The van der Waals surface area contributed by atoms with Gasteiger partial charge in [-0.25, -0.2) is 4.79 Å². The Labute approximate surface area is 143 Å². The van der Waals surface area contributed by atoms with E-state index in [4.69, 9.17) is 4.74 Å². The Morgan fingerprint density at radius 1 is 1.25 bits per heavy atom. The maximum atomic E-state index is 12.4. The van der Waals surface area contributed by atoms with E-state index in [1.807, 2.05) is 6.92 Å². The fraction of sp³-hybridized carbons (Fsp3) is 0.579. The third-order valence-corrected chi connectivity index (χ3v) is 5.40. The van der Waals surface area contributed by atoms with Crippen LogP contribution < -0.4 is 5.32 Å². The van der Waals surface area contributed by atoms with Gasteiger partial charge in [-0.3, -0.25) is 4.79 Å². The highest BCUT2D eigenvalue weighted by molar-refractivity contribution is 5.91. The number of amides is 1. The second kappa shape index (κ2) is 7.79. The molecule has 1 fully saturated rings. The van der Waals surface area contributed by atoms with E-state index >= 15 is 0 Å². The number of aromatic carboxylic acids is 1. The van der Waals surface area contributed by atoms with Gasteiger partial charge in [0.2, 0.25) is 5.91 Å². The van der Waals surface area contributed by atoms with Crippen LogP contribution in [0.2, 0.25) is 0 Å². The SMILES string of the molecule is CCOC1CC(NC(=O)Cc2ccccc2C(=O)O)C1(CC)CC. The number of carboxylic acid groups (broad SMARTS) is 1. The number of ether oxygens (including phenoxy) is 1. The molecule has 2 rings (SSSR count). The van der Waals surface area contributed by atoms with Crippen LogP contribution in [0.5, 0.6) is 0 Å². The van der Waals surface area contributed by atoms with Crippen LogP contribution in [0.15, 0.2) is 24.3 Å². The first-order valence-electron chi connectivity index (χ1n) is 8.70. The van der Waals surface area contributed by atoms with Crippen LogP contribution in [0.25, 0.3) is 0 Å². The minimum absolute atomic E-state index is 0.0159. The van der Waals surface area contributed by atoms with Gasteiger partial charge in [0, 0.05) is 18.1 Å². The van der Waals surface area contributed by atoms with E-state index in [2.05, 4.69) is 19.2 Å². The quantitative estimate of drug-likeness (QED) is 0.767. The van der Waals surface area contributed by atoms with E-state index < -0.39 is 5.97 Å². The van der Waals surface area contributed by atoms with Crippen molar-refractivity contribution < 1.29 is 19.4 Å². The third kappa shape index (κ3) is 3.46. The fourth-order valence-corrected chi connectivity index (χ4v) is 3.88. The molecule has 1 saturated carbocycles. The van der Waals surface area contributed by atoms with E-state index in [9.17, 15) is 14.7 Å². The summed E-state index contributed by atoms with van der Waals surface area (Å²) in [5.74, 6) is -1.13. The van der Waals surface area contributed by atoms with Crippen LogP contribution in [0.4, 0.5) is 0 Å². The number of hydrogen-bond donors (Lipinski definition) is 2. The summed E-state index contributed by atoms with van der Waals surface area (Å²) in [5.41, 5.74) is 0.713. The van der Waals surface area contributed by atoms with Gasteiger partial charge in [0.05, 0.1) is 18.1 Å². The van der Waals surface area contributed by atoms with Crippen LogP contribution in [-0.4, -0.2) is 35.7 Å². The van der Waals surface area contributed by atoms with Crippen molar-refractivity contribution in [3.05, 3.63) is 35.4 Å². The predicted molar refractivity (Wildman–Crippen MR) is 92.1 cm³/mol. The number of hydrogen-bond acceptors (Lipinski definition) is 3. The molecule has 1 aromatic carbocycles. The number of benzene rings is 1. The van der Waals surface area contributed by atoms with Crippen molar-refractivity contribution in [3.8, 4) is 0 Å². The molecule has 2 unspecified atom stereocenters. The highest BCUT2D eigenvalue weighted by Crippen LogP contribution is 2.48. The molecule has 0 heterocycles. The molecule has 0 radical (unpaired) electrons. The lowest BCUT2D eigenvalue weighted by molar-refractivity contribution is -0.148. The first kappa shape index (κ1) is 18.5. The Morgan fingerprint density at radius 3 is 2.50 bits per heavy atom. The molecule has 1 aromatic rings. The Morgan fingerprint density at radius 2 is 1.92 bits per heavy atom. The maximum absolute atomic E-state index is 12.4. The Hall–Kier alpha value is -1.88.